The van der Waals surface area contributed by atoms with Gasteiger partial charge in [0.2, 0.25) is 10.0 Å². The smallest absolute Gasteiger partial charge is 0.218 e. The maximum Gasteiger partial charge on any atom is 0.218 e. The van der Waals surface area contributed by atoms with Crippen molar-refractivity contribution >= 4 is 10.0 Å². The molecule has 2 fully saturated rings. The molecule has 2 heterocycles. The molecule has 0 saturated carbocycles. The maximum absolute atomic E-state index is 12.7. The monoisotopic (exact) mass is 291 g/mol. The molecule has 0 aliphatic carbocycles. The Morgan fingerprint density at radius 2 is 2.16 bits per heavy atom. The van der Waals surface area contributed by atoms with Crippen molar-refractivity contribution in [2.24, 2.45) is 0 Å². The van der Waals surface area contributed by atoms with Crippen LogP contribution in [-0.4, -0.2) is 80.4 Å². The van der Waals surface area contributed by atoms with Crippen molar-refractivity contribution < 1.29 is 13.5 Å². The third-order valence-corrected chi connectivity index (χ3v) is 6.26. The number of hydrogen-bond acceptors (Lipinski definition) is 5. The quantitative estimate of drug-likeness (QED) is 0.700. The van der Waals surface area contributed by atoms with Crippen molar-refractivity contribution in [1.82, 2.24) is 14.5 Å². The predicted molar refractivity (Wildman–Crippen MR) is 74.5 cm³/mol. The summed E-state index contributed by atoms with van der Waals surface area (Å²) < 4.78 is 26.9. The number of piperidine rings is 1. The van der Waals surface area contributed by atoms with Crippen molar-refractivity contribution in [1.29, 1.82) is 0 Å². The number of β-amino-alcohol motifs (C(OH)–C–C–N with tert-alkyl or cyclic N) is 1. The van der Waals surface area contributed by atoms with Gasteiger partial charge in [-0.25, -0.2) is 8.42 Å². The minimum atomic E-state index is -3.31. The zero-order valence-electron chi connectivity index (χ0n) is 11.7. The molecule has 0 amide bonds. The van der Waals surface area contributed by atoms with Crippen LogP contribution < -0.4 is 5.32 Å². The highest BCUT2D eigenvalue weighted by molar-refractivity contribution is 7.89. The van der Waals surface area contributed by atoms with Crippen LogP contribution in [0.5, 0.6) is 0 Å². The van der Waals surface area contributed by atoms with Gasteiger partial charge in [0.15, 0.2) is 0 Å². The lowest BCUT2D eigenvalue weighted by molar-refractivity contribution is 0.188. The highest BCUT2D eigenvalue weighted by Gasteiger charge is 2.42. The highest BCUT2D eigenvalue weighted by atomic mass is 32.2. The van der Waals surface area contributed by atoms with E-state index in [-0.39, 0.29) is 17.8 Å². The summed E-state index contributed by atoms with van der Waals surface area (Å²) in [4.78, 5) is 1.98. The fourth-order valence-electron chi connectivity index (χ4n) is 3.03. The number of hydrogen-bond donors (Lipinski definition) is 2. The number of nitrogens with zero attached hydrogens (tertiary/aromatic N) is 2. The highest BCUT2D eigenvalue weighted by Crippen LogP contribution is 2.26. The largest absolute Gasteiger partial charge is 0.392 e. The van der Waals surface area contributed by atoms with E-state index >= 15 is 0 Å². The van der Waals surface area contributed by atoms with Crippen LogP contribution >= 0.6 is 0 Å². The summed E-state index contributed by atoms with van der Waals surface area (Å²) in [5.74, 6) is 0. The Morgan fingerprint density at radius 1 is 1.42 bits per heavy atom. The van der Waals surface area contributed by atoms with E-state index < -0.39 is 16.1 Å². The number of aliphatic hydroxyl groups excluding tert-OH is 1. The number of sulfonamides is 1. The molecular formula is C12H25N3O3S. The molecule has 0 radical (unpaired) electrons. The molecule has 3 unspecified atom stereocenters. The third-order valence-electron chi connectivity index (χ3n) is 3.92. The molecule has 7 heteroatoms. The second kappa shape index (κ2) is 6.05. The molecule has 0 aromatic carbocycles. The Morgan fingerprint density at radius 3 is 2.74 bits per heavy atom. The van der Waals surface area contributed by atoms with Gasteiger partial charge < -0.3 is 15.3 Å². The van der Waals surface area contributed by atoms with E-state index in [1.54, 1.807) is 0 Å². The van der Waals surface area contributed by atoms with Crippen LogP contribution in [-0.2, 0) is 10.0 Å². The molecule has 2 aliphatic heterocycles. The molecule has 0 aromatic heterocycles. The Kier molecular flexibility index (Phi) is 4.84. The Labute approximate surface area is 115 Å². The van der Waals surface area contributed by atoms with E-state index in [0.717, 1.165) is 19.4 Å². The summed E-state index contributed by atoms with van der Waals surface area (Å²) in [6, 6.07) is -0.100. The Hall–Kier alpha value is -0.210. The molecule has 0 bridgehead atoms. The van der Waals surface area contributed by atoms with E-state index in [9.17, 15) is 13.5 Å². The van der Waals surface area contributed by atoms with Gasteiger partial charge in [0.25, 0.3) is 0 Å². The van der Waals surface area contributed by atoms with E-state index in [1.807, 2.05) is 19.0 Å². The van der Waals surface area contributed by atoms with Gasteiger partial charge in [-0.2, -0.15) is 4.31 Å². The molecule has 2 aliphatic rings. The number of likely N-dealkylation sites (N-methyl/N-ethyl adjacent to an activating group) is 1. The van der Waals surface area contributed by atoms with Crippen molar-refractivity contribution in [3.05, 3.63) is 0 Å². The molecule has 0 spiro atoms. The first kappa shape index (κ1) is 15.2. The lowest BCUT2D eigenvalue weighted by Gasteiger charge is -2.31. The zero-order valence-corrected chi connectivity index (χ0v) is 12.6. The topological polar surface area (TPSA) is 72.9 Å². The first-order valence-electron chi connectivity index (χ1n) is 6.95. The predicted octanol–water partition coefficient (Wildman–Crippen LogP) is -0.935. The minimum absolute atomic E-state index is 0.100. The standard InChI is InChI=1S/C12H25N3O3S/c1-14(2)8-10-6-11(16)9-15(10)19(17,18)12-4-3-5-13-7-12/h10-13,16H,3-9H2,1-2H3. The fourth-order valence-corrected chi connectivity index (χ4v) is 5.15. The number of nitrogens with one attached hydrogen (secondary N) is 1. The van der Waals surface area contributed by atoms with E-state index in [0.29, 0.717) is 19.5 Å². The van der Waals surface area contributed by atoms with Crippen molar-refractivity contribution in [2.75, 3.05) is 40.3 Å². The van der Waals surface area contributed by atoms with Gasteiger partial charge in [0.05, 0.1) is 11.4 Å². The molecule has 2 N–H and O–H groups in total. The second-order valence-corrected chi connectivity index (χ2v) is 8.05. The second-order valence-electron chi connectivity index (χ2n) is 5.89. The summed E-state index contributed by atoms with van der Waals surface area (Å²) in [5, 5.41) is 12.6. The van der Waals surface area contributed by atoms with Gasteiger partial charge in [0.1, 0.15) is 0 Å². The average molecular weight is 291 g/mol. The number of rotatable bonds is 4. The van der Waals surface area contributed by atoms with Crippen LogP contribution in [0.25, 0.3) is 0 Å². The molecule has 19 heavy (non-hydrogen) atoms. The van der Waals surface area contributed by atoms with Crippen LogP contribution in [0.4, 0.5) is 0 Å². The Balaban J connectivity index is 2.12. The van der Waals surface area contributed by atoms with Crippen molar-refractivity contribution in [3.8, 4) is 0 Å². The molecule has 2 rings (SSSR count). The molecule has 6 nitrogen and oxygen atoms in total. The van der Waals surface area contributed by atoms with Crippen LogP contribution in [0.1, 0.15) is 19.3 Å². The van der Waals surface area contributed by atoms with E-state index in [2.05, 4.69) is 5.32 Å². The number of aliphatic hydroxyl groups is 1. The van der Waals surface area contributed by atoms with Gasteiger partial charge in [-0.3, -0.25) is 0 Å². The van der Waals surface area contributed by atoms with Gasteiger partial charge in [-0.15, -0.1) is 0 Å². The van der Waals surface area contributed by atoms with Crippen LogP contribution in [0.15, 0.2) is 0 Å². The molecule has 0 aromatic rings. The molecular weight excluding hydrogens is 266 g/mol. The SMILES string of the molecule is CN(C)CC1CC(O)CN1S(=O)(=O)C1CCCNC1. The minimum Gasteiger partial charge on any atom is -0.392 e. The molecule has 112 valence electrons. The lowest BCUT2D eigenvalue weighted by atomic mass is 10.2. The summed E-state index contributed by atoms with van der Waals surface area (Å²) >= 11 is 0. The first-order valence-corrected chi connectivity index (χ1v) is 8.45. The summed E-state index contributed by atoms with van der Waals surface area (Å²) in [6.45, 7) is 2.34. The average Bonchev–Trinajstić information content (AvgIpc) is 2.71. The Bertz CT molecular complexity index is 393. The van der Waals surface area contributed by atoms with Gasteiger partial charge in [-0.1, -0.05) is 0 Å². The van der Waals surface area contributed by atoms with Crippen LogP contribution in [0.2, 0.25) is 0 Å². The lowest BCUT2D eigenvalue weighted by Crippen LogP contribution is -2.49. The van der Waals surface area contributed by atoms with Gasteiger partial charge in [0, 0.05) is 25.7 Å². The summed E-state index contributed by atoms with van der Waals surface area (Å²) in [5.41, 5.74) is 0. The van der Waals surface area contributed by atoms with Crippen LogP contribution in [0.3, 0.4) is 0 Å². The summed E-state index contributed by atoms with van der Waals surface area (Å²) in [6.07, 6.45) is 1.63. The third kappa shape index (κ3) is 3.46. The van der Waals surface area contributed by atoms with E-state index in [4.69, 9.17) is 0 Å². The molecule has 3 atom stereocenters. The van der Waals surface area contributed by atoms with Crippen LogP contribution in [0, 0.1) is 0 Å². The van der Waals surface area contributed by atoms with Gasteiger partial charge in [-0.05, 0) is 39.9 Å². The van der Waals surface area contributed by atoms with Gasteiger partial charge >= 0.3 is 0 Å². The van der Waals surface area contributed by atoms with Crippen molar-refractivity contribution in [2.45, 2.75) is 36.7 Å². The van der Waals surface area contributed by atoms with Crippen molar-refractivity contribution in [3.63, 3.8) is 0 Å². The summed E-state index contributed by atoms with van der Waals surface area (Å²) in [7, 11) is 0.551. The fraction of sp³-hybridized carbons (Fsp3) is 1.00. The molecule has 2 saturated heterocycles. The maximum atomic E-state index is 12.7. The normalized spacial score (nSPS) is 34.0. The first-order chi connectivity index (χ1) is 8.91. The van der Waals surface area contributed by atoms with E-state index in [1.165, 1.54) is 4.31 Å². The zero-order chi connectivity index (χ0) is 14.0.